The molecule has 1 aromatic carbocycles. The third-order valence-corrected chi connectivity index (χ3v) is 2.06. The normalized spacial score (nSPS) is 11.6. The molecule has 1 N–H and O–H groups in total. The molecule has 0 saturated heterocycles. The largest absolute Gasteiger partial charge is 1.00 e. The van der Waals surface area contributed by atoms with Crippen LogP contribution < -0.4 is 39.6 Å². The van der Waals surface area contributed by atoms with Crippen molar-refractivity contribution >= 4 is 12.0 Å². The van der Waals surface area contributed by atoms with E-state index >= 15 is 0 Å². The van der Waals surface area contributed by atoms with Gasteiger partial charge in [-0.3, -0.25) is 0 Å². The van der Waals surface area contributed by atoms with E-state index in [2.05, 4.69) is 4.33 Å². The number of aliphatic hydroxyl groups excluding tert-OH is 1. The topological polar surface area (TPSA) is 61.8 Å². The van der Waals surface area contributed by atoms with Crippen molar-refractivity contribution < 1.29 is 49.0 Å². The van der Waals surface area contributed by atoms with Crippen LogP contribution in [0.1, 0.15) is 11.0 Å². The number of ether oxygens (including phenoxy) is 1. The van der Waals surface area contributed by atoms with Crippen molar-refractivity contribution in [3.8, 4) is 5.75 Å². The maximum atomic E-state index is 9.71. The monoisotopic (exact) mass is 224 g/mol. The Bertz CT molecular complexity index is 254. The summed E-state index contributed by atoms with van der Waals surface area (Å²) in [4.78, 5) is 0. The standard InChI is InChI=1S/C8H10O4S.Na/c1-11-7-4-2-6(3-5-7)8(9)13-12-10;/h2-5,8-10H,1H3;/q;+1/p-1. The molecule has 0 fully saturated rings. The summed E-state index contributed by atoms with van der Waals surface area (Å²) in [5.74, 6) is 0.698. The van der Waals surface area contributed by atoms with Gasteiger partial charge in [0.2, 0.25) is 0 Å². The summed E-state index contributed by atoms with van der Waals surface area (Å²) in [5, 5.41) is 19.0. The Morgan fingerprint density at radius 3 is 2.36 bits per heavy atom. The van der Waals surface area contributed by atoms with Crippen LogP contribution in [0.2, 0.25) is 0 Å². The summed E-state index contributed by atoms with van der Waals surface area (Å²) >= 11 is 0.457. The van der Waals surface area contributed by atoms with E-state index in [9.17, 15) is 10.4 Å². The van der Waals surface area contributed by atoms with E-state index in [1.165, 1.54) is 0 Å². The van der Waals surface area contributed by atoms with E-state index < -0.39 is 5.44 Å². The van der Waals surface area contributed by atoms with Crippen molar-refractivity contribution in [3.05, 3.63) is 29.8 Å². The van der Waals surface area contributed by atoms with Crippen molar-refractivity contribution in [2.45, 2.75) is 5.44 Å². The molecule has 0 saturated carbocycles. The zero-order valence-corrected chi connectivity index (χ0v) is 10.8. The molecule has 1 aromatic rings. The van der Waals surface area contributed by atoms with Crippen LogP contribution in [0.25, 0.3) is 0 Å². The first-order chi connectivity index (χ1) is 6.27. The Labute approximate surface area is 109 Å². The van der Waals surface area contributed by atoms with Gasteiger partial charge in [0.15, 0.2) is 0 Å². The predicted molar refractivity (Wildman–Crippen MR) is 46.6 cm³/mol. The minimum absolute atomic E-state index is 0. The Morgan fingerprint density at radius 1 is 1.36 bits per heavy atom. The zero-order chi connectivity index (χ0) is 9.68. The van der Waals surface area contributed by atoms with E-state index in [0.29, 0.717) is 23.4 Å². The molecule has 72 valence electrons. The first kappa shape index (κ1) is 14.2. The molecule has 1 atom stereocenters. The zero-order valence-electron chi connectivity index (χ0n) is 7.97. The van der Waals surface area contributed by atoms with Crippen LogP contribution in [0.3, 0.4) is 0 Å². The smallest absolute Gasteiger partial charge is 0.710 e. The van der Waals surface area contributed by atoms with Gasteiger partial charge in [-0.1, -0.05) is 12.1 Å². The molecule has 0 spiro atoms. The predicted octanol–water partition coefficient (Wildman–Crippen LogP) is -2.37. The minimum atomic E-state index is -0.955. The second-order valence-electron chi connectivity index (χ2n) is 2.29. The number of hydrogen-bond acceptors (Lipinski definition) is 5. The van der Waals surface area contributed by atoms with Crippen LogP contribution in [0.5, 0.6) is 5.75 Å². The van der Waals surface area contributed by atoms with Crippen LogP contribution in [0, 0.1) is 0 Å². The summed E-state index contributed by atoms with van der Waals surface area (Å²) in [6, 6.07) is 6.72. The van der Waals surface area contributed by atoms with E-state index in [0.717, 1.165) is 0 Å². The Hall–Kier alpha value is 0.250. The van der Waals surface area contributed by atoms with Crippen LogP contribution in [0.4, 0.5) is 0 Å². The summed E-state index contributed by atoms with van der Waals surface area (Å²) in [7, 11) is 1.56. The van der Waals surface area contributed by atoms with Gasteiger partial charge in [0.05, 0.1) is 7.11 Å². The molecule has 0 aliphatic heterocycles. The molecule has 0 heterocycles. The van der Waals surface area contributed by atoms with E-state index in [-0.39, 0.29) is 29.6 Å². The van der Waals surface area contributed by atoms with E-state index in [4.69, 9.17) is 4.74 Å². The molecule has 14 heavy (non-hydrogen) atoms. The fourth-order valence-corrected chi connectivity index (χ4v) is 1.20. The Kier molecular flexibility index (Phi) is 7.66. The first-order valence-corrected chi connectivity index (χ1v) is 4.35. The number of aliphatic hydroxyl groups is 1. The van der Waals surface area contributed by atoms with Crippen LogP contribution in [0.15, 0.2) is 24.3 Å². The maximum Gasteiger partial charge on any atom is 1.00 e. The van der Waals surface area contributed by atoms with Gasteiger partial charge in [-0.05, 0) is 17.7 Å². The molecule has 0 aliphatic carbocycles. The van der Waals surface area contributed by atoms with Gasteiger partial charge in [0, 0.05) is 12.0 Å². The van der Waals surface area contributed by atoms with Crippen molar-refractivity contribution in [3.63, 3.8) is 0 Å². The van der Waals surface area contributed by atoms with Crippen molar-refractivity contribution in [1.29, 1.82) is 0 Å². The quantitative estimate of drug-likeness (QED) is 0.204. The van der Waals surface area contributed by atoms with Gasteiger partial charge in [-0.15, -0.1) is 0 Å². The third-order valence-electron chi connectivity index (χ3n) is 1.53. The van der Waals surface area contributed by atoms with Gasteiger partial charge >= 0.3 is 29.6 Å². The number of methoxy groups -OCH3 is 1. The molecule has 0 amide bonds. The first-order valence-electron chi connectivity index (χ1n) is 3.55. The number of benzene rings is 1. The fourth-order valence-electron chi connectivity index (χ4n) is 0.861. The minimum Gasteiger partial charge on any atom is -0.710 e. The van der Waals surface area contributed by atoms with Gasteiger partial charge in [0.1, 0.15) is 11.2 Å². The molecule has 0 bridgehead atoms. The Morgan fingerprint density at radius 2 is 1.93 bits per heavy atom. The van der Waals surface area contributed by atoms with Crippen molar-refractivity contribution in [2.24, 2.45) is 0 Å². The summed E-state index contributed by atoms with van der Waals surface area (Å²) in [6.45, 7) is 0. The molecule has 0 radical (unpaired) electrons. The summed E-state index contributed by atoms with van der Waals surface area (Å²) in [5.41, 5.74) is -0.356. The molecule has 6 heteroatoms. The molecule has 1 rings (SSSR count). The van der Waals surface area contributed by atoms with Gasteiger partial charge in [0.25, 0.3) is 0 Å². The van der Waals surface area contributed by atoms with Crippen LogP contribution in [-0.4, -0.2) is 12.2 Å². The van der Waals surface area contributed by atoms with E-state index in [1.54, 1.807) is 31.4 Å². The molecule has 0 aliphatic rings. The molecular formula is C8H9NaO4S. The summed E-state index contributed by atoms with van der Waals surface area (Å²) in [6.07, 6.45) is 0. The molecule has 0 aromatic heterocycles. The van der Waals surface area contributed by atoms with Gasteiger partial charge in [-0.2, -0.15) is 0 Å². The second kappa shape index (κ2) is 7.53. The molecule has 4 nitrogen and oxygen atoms in total. The number of rotatable bonds is 4. The van der Waals surface area contributed by atoms with Crippen molar-refractivity contribution in [2.75, 3.05) is 7.11 Å². The fraction of sp³-hybridized carbons (Fsp3) is 0.250. The van der Waals surface area contributed by atoms with Gasteiger partial charge < -0.3 is 19.4 Å². The van der Waals surface area contributed by atoms with Crippen LogP contribution in [-0.2, 0) is 4.33 Å². The molecular weight excluding hydrogens is 215 g/mol. The summed E-state index contributed by atoms with van der Waals surface area (Å²) < 4.78 is 8.43. The van der Waals surface area contributed by atoms with Crippen LogP contribution >= 0.6 is 12.0 Å². The Balaban J connectivity index is 0.00000169. The average molecular weight is 224 g/mol. The van der Waals surface area contributed by atoms with Crippen molar-refractivity contribution in [1.82, 2.24) is 0 Å². The maximum absolute atomic E-state index is 9.71. The molecule has 1 unspecified atom stereocenters. The average Bonchev–Trinajstić information content (AvgIpc) is 2.18. The third kappa shape index (κ3) is 4.18. The second-order valence-corrected chi connectivity index (χ2v) is 3.06. The van der Waals surface area contributed by atoms with Gasteiger partial charge in [-0.25, -0.2) is 0 Å². The van der Waals surface area contributed by atoms with E-state index in [1.807, 2.05) is 0 Å². The SMILES string of the molecule is COc1ccc(C(O)SO[O-])cc1.[Na+]. The number of hydrogen-bond donors (Lipinski definition) is 1.